The number of halogens is 2. The third kappa shape index (κ3) is 2.95. The number of fused-ring (bicyclic) bond motifs is 1. The van der Waals surface area contributed by atoms with Crippen molar-refractivity contribution >= 4 is 60.1 Å². The number of nitrogens with zero attached hydrogens (tertiary/aromatic N) is 1. The van der Waals surface area contributed by atoms with Crippen molar-refractivity contribution in [2.45, 2.75) is 0 Å². The van der Waals surface area contributed by atoms with E-state index in [2.05, 4.69) is 26.2 Å². The summed E-state index contributed by atoms with van der Waals surface area (Å²) in [5.41, 5.74) is 1.19. The van der Waals surface area contributed by atoms with Gasteiger partial charge < -0.3 is 4.74 Å². The number of amides is 1. The molecule has 2 aromatic carbocycles. The Balaban J connectivity index is 1.94. The van der Waals surface area contributed by atoms with E-state index in [1.807, 2.05) is 6.07 Å². The summed E-state index contributed by atoms with van der Waals surface area (Å²) in [4.78, 5) is 16.7. The predicted octanol–water partition coefficient (Wildman–Crippen LogP) is 4.97. The van der Waals surface area contributed by atoms with Gasteiger partial charge >= 0.3 is 0 Å². The maximum Gasteiger partial charge on any atom is 0.257 e. The highest BCUT2D eigenvalue weighted by atomic mass is 79.9. The summed E-state index contributed by atoms with van der Waals surface area (Å²) < 4.78 is 6.89. The zero-order valence-electron chi connectivity index (χ0n) is 11.4. The number of nitrogens with one attached hydrogen (secondary N) is 1. The van der Waals surface area contributed by atoms with Gasteiger partial charge in [0, 0.05) is 10.0 Å². The van der Waals surface area contributed by atoms with E-state index in [9.17, 15) is 4.79 Å². The first-order valence-electron chi connectivity index (χ1n) is 6.28. The standard InChI is InChI=1S/C15H10BrClN2O2S/c1-21-11-6-5-10(17)13-12(11)18-15(22-13)19-14(20)8-3-2-4-9(16)7-8/h2-7H,1H3,(H,18,19,20). The molecule has 0 saturated carbocycles. The molecule has 0 radical (unpaired) electrons. The minimum absolute atomic E-state index is 0.226. The second-order valence-electron chi connectivity index (χ2n) is 4.41. The fourth-order valence-electron chi connectivity index (χ4n) is 1.97. The number of aromatic nitrogens is 1. The van der Waals surface area contributed by atoms with Crippen LogP contribution in [0.5, 0.6) is 5.75 Å². The van der Waals surface area contributed by atoms with Crippen molar-refractivity contribution in [3.63, 3.8) is 0 Å². The molecule has 22 heavy (non-hydrogen) atoms. The van der Waals surface area contributed by atoms with Crippen LogP contribution in [0.1, 0.15) is 10.4 Å². The van der Waals surface area contributed by atoms with E-state index in [1.54, 1.807) is 37.4 Å². The lowest BCUT2D eigenvalue weighted by Crippen LogP contribution is -2.11. The molecule has 0 spiro atoms. The van der Waals surface area contributed by atoms with Crippen LogP contribution in [-0.4, -0.2) is 18.0 Å². The molecule has 0 atom stereocenters. The lowest BCUT2D eigenvalue weighted by Gasteiger charge is -2.01. The summed E-state index contributed by atoms with van der Waals surface area (Å²) in [6, 6.07) is 10.7. The number of hydrogen-bond acceptors (Lipinski definition) is 4. The molecule has 7 heteroatoms. The summed E-state index contributed by atoms with van der Waals surface area (Å²) in [6.45, 7) is 0. The number of carbonyl (C=O) groups excluding carboxylic acids is 1. The van der Waals surface area contributed by atoms with Gasteiger partial charge in [-0.25, -0.2) is 4.98 Å². The van der Waals surface area contributed by atoms with E-state index in [4.69, 9.17) is 16.3 Å². The molecule has 0 aliphatic carbocycles. The van der Waals surface area contributed by atoms with Gasteiger partial charge in [0.1, 0.15) is 11.3 Å². The number of thiazole rings is 1. The molecule has 3 aromatic rings. The molecule has 0 saturated heterocycles. The van der Waals surface area contributed by atoms with E-state index in [0.29, 0.717) is 27.0 Å². The van der Waals surface area contributed by atoms with E-state index < -0.39 is 0 Å². The Morgan fingerprint density at radius 2 is 2.18 bits per heavy atom. The molecule has 1 heterocycles. The average molecular weight is 398 g/mol. The number of anilines is 1. The number of methoxy groups -OCH3 is 1. The summed E-state index contributed by atoms with van der Waals surface area (Å²) in [6.07, 6.45) is 0. The molecule has 3 rings (SSSR count). The lowest BCUT2D eigenvalue weighted by atomic mass is 10.2. The summed E-state index contributed by atoms with van der Waals surface area (Å²) in [7, 11) is 1.57. The normalized spacial score (nSPS) is 10.7. The minimum atomic E-state index is -0.226. The molecule has 112 valence electrons. The average Bonchev–Trinajstić information content (AvgIpc) is 2.92. The maximum absolute atomic E-state index is 12.3. The van der Waals surface area contributed by atoms with Gasteiger partial charge in [0.05, 0.1) is 16.8 Å². The lowest BCUT2D eigenvalue weighted by molar-refractivity contribution is 0.102. The van der Waals surface area contributed by atoms with Crippen LogP contribution in [0.25, 0.3) is 10.2 Å². The molecular weight excluding hydrogens is 388 g/mol. The van der Waals surface area contributed by atoms with Crippen LogP contribution in [0.3, 0.4) is 0 Å². The van der Waals surface area contributed by atoms with Gasteiger partial charge in [0.25, 0.3) is 5.91 Å². The van der Waals surface area contributed by atoms with Crippen molar-refractivity contribution in [3.8, 4) is 5.75 Å². The Hall–Kier alpha value is -1.63. The quantitative estimate of drug-likeness (QED) is 0.678. The van der Waals surface area contributed by atoms with Gasteiger partial charge in [0.2, 0.25) is 0 Å². The fraction of sp³-hybridized carbons (Fsp3) is 0.0667. The monoisotopic (exact) mass is 396 g/mol. The number of ether oxygens (including phenoxy) is 1. The molecule has 0 bridgehead atoms. The van der Waals surface area contributed by atoms with Crippen LogP contribution in [0, 0.1) is 0 Å². The Bertz CT molecular complexity index is 866. The first-order chi connectivity index (χ1) is 10.6. The second-order valence-corrected chi connectivity index (χ2v) is 6.73. The van der Waals surface area contributed by atoms with Crippen LogP contribution in [0.2, 0.25) is 5.02 Å². The van der Waals surface area contributed by atoms with Crippen LogP contribution in [0.4, 0.5) is 5.13 Å². The van der Waals surface area contributed by atoms with Crippen LogP contribution < -0.4 is 10.1 Å². The summed E-state index contributed by atoms with van der Waals surface area (Å²) in [5, 5.41) is 3.84. The fourth-order valence-corrected chi connectivity index (χ4v) is 3.52. The Labute approximate surface area is 144 Å². The molecule has 1 aromatic heterocycles. The third-order valence-corrected chi connectivity index (χ3v) is 4.91. The van der Waals surface area contributed by atoms with E-state index in [-0.39, 0.29) is 5.91 Å². The van der Waals surface area contributed by atoms with Crippen molar-refractivity contribution < 1.29 is 9.53 Å². The predicted molar refractivity (Wildman–Crippen MR) is 93.3 cm³/mol. The molecular formula is C15H10BrClN2O2S. The Morgan fingerprint density at radius 3 is 2.91 bits per heavy atom. The number of benzene rings is 2. The molecule has 0 aliphatic rings. The van der Waals surface area contributed by atoms with Gasteiger partial charge in [-0.15, -0.1) is 0 Å². The number of rotatable bonds is 3. The highest BCUT2D eigenvalue weighted by Crippen LogP contribution is 2.37. The largest absolute Gasteiger partial charge is 0.494 e. The Kier molecular flexibility index (Phi) is 4.33. The van der Waals surface area contributed by atoms with Gasteiger partial charge in [-0.2, -0.15) is 0 Å². The zero-order chi connectivity index (χ0) is 15.7. The van der Waals surface area contributed by atoms with Gasteiger partial charge in [-0.1, -0.05) is 44.9 Å². The summed E-state index contributed by atoms with van der Waals surface area (Å²) >= 11 is 10.8. The third-order valence-electron chi connectivity index (χ3n) is 2.99. The van der Waals surface area contributed by atoms with Gasteiger partial charge in [-0.05, 0) is 30.3 Å². The second kappa shape index (κ2) is 6.24. The van der Waals surface area contributed by atoms with Crippen LogP contribution in [-0.2, 0) is 0 Å². The number of carbonyl (C=O) groups is 1. The first kappa shape index (κ1) is 15.3. The highest BCUT2D eigenvalue weighted by molar-refractivity contribution is 9.10. The molecule has 0 aliphatic heterocycles. The van der Waals surface area contributed by atoms with Crippen molar-refractivity contribution in [2.24, 2.45) is 0 Å². The Morgan fingerprint density at radius 1 is 1.36 bits per heavy atom. The SMILES string of the molecule is COc1ccc(Cl)c2sc(NC(=O)c3cccc(Br)c3)nc12. The molecule has 0 fully saturated rings. The van der Waals surface area contributed by atoms with E-state index >= 15 is 0 Å². The zero-order valence-corrected chi connectivity index (χ0v) is 14.6. The number of hydrogen-bond donors (Lipinski definition) is 1. The van der Waals surface area contributed by atoms with Gasteiger partial charge in [0.15, 0.2) is 5.13 Å². The smallest absolute Gasteiger partial charge is 0.257 e. The van der Waals surface area contributed by atoms with Gasteiger partial charge in [-0.3, -0.25) is 10.1 Å². The first-order valence-corrected chi connectivity index (χ1v) is 8.27. The van der Waals surface area contributed by atoms with Crippen molar-refractivity contribution in [2.75, 3.05) is 12.4 Å². The van der Waals surface area contributed by atoms with Crippen molar-refractivity contribution in [1.82, 2.24) is 4.98 Å². The molecule has 1 amide bonds. The maximum atomic E-state index is 12.3. The topological polar surface area (TPSA) is 51.2 Å². The van der Waals surface area contributed by atoms with Crippen LogP contribution in [0.15, 0.2) is 40.9 Å². The summed E-state index contributed by atoms with van der Waals surface area (Å²) in [5.74, 6) is 0.397. The molecule has 4 nitrogen and oxygen atoms in total. The molecule has 1 N–H and O–H groups in total. The molecule has 0 unspecified atom stereocenters. The van der Waals surface area contributed by atoms with Crippen molar-refractivity contribution in [3.05, 3.63) is 51.5 Å². The van der Waals surface area contributed by atoms with Crippen LogP contribution >= 0.6 is 38.9 Å². The van der Waals surface area contributed by atoms with E-state index in [0.717, 1.165) is 9.17 Å². The minimum Gasteiger partial charge on any atom is -0.494 e. The van der Waals surface area contributed by atoms with Crippen molar-refractivity contribution in [1.29, 1.82) is 0 Å². The highest BCUT2D eigenvalue weighted by Gasteiger charge is 2.14. The van der Waals surface area contributed by atoms with E-state index in [1.165, 1.54) is 11.3 Å².